The van der Waals surface area contributed by atoms with E-state index in [1.165, 1.54) is 0 Å². The molecular weight excluding hydrogens is 330 g/mol. The maximum Gasteiger partial charge on any atom is 0.299 e. The second-order valence-corrected chi connectivity index (χ2v) is 6.02. The van der Waals surface area contributed by atoms with Gasteiger partial charge in [0.15, 0.2) is 0 Å². The molecule has 102 valence electrons. The second kappa shape index (κ2) is 6.06. The number of hydrogen-bond donors (Lipinski definition) is 0. The molecule has 0 saturated carbocycles. The number of benzene rings is 1. The van der Waals surface area contributed by atoms with Gasteiger partial charge in [-0.2, -0.15) is 0 Å². The van der Waals surface area contributed by atoms with Gasteiger partial charge >= 0.3 is 0 Å². The first-order chi connectivity index (χ1) is 9.06. The van der Waals surface area contributed by atoms with Gasteiger partial charge in [0.1, 0.15) is 0 Å². The van der Waals surface area contributed by atoms with Crippen molar-refractivity contribution < 1.29 is 9.59 Å². The van der Waals surface area contributed by atoms with Crippen LogP contribution >= 0.6 is 27.5 Å². The Kier molecular flexibility index (Phi) is 4.63. The molecule has 1 atom stereocenters. The lowest BCUT2D eigenvalue weighted by atomic mass is 10.1. The van der Waals surface area contributed by atoms with Crippen LogP contribution in [0.1, 0.15) is 30.1 Å². The highest BCUT2D eigenvalue weighted by Gasteiger charge is 2.36. The molecule has 0 bridgehead atoms. The SMILES string of the molecule is CC(CCCl)CCN1C(=O)C(=O)c2c(Br)cccc21. The molecule has 2 rings (SSSR count). The van der Waals surface area contributed by atoms with Crippen molar-refractivity contribution in [1.82, 2.24) is 0 Å². The number of alkyl halides is 1. The monoisotopic (exact) mass is 343 g/mol. The summed E-state index contributed by atoms with van der Waals surface area (Å²) >= 11 is 9.04. The van der Waals surface area contributed by atoms with Crippen molar-refractivity contribution >= 4 is 44.9 Å². The zero-order valence-corrected chi connectivity index (χ0v) is 13.0. The fraction of sp³-hybridized carbons (Fsp3) is 0.429. The molecule has 0 spiro atoms. The van der Waals surface area contributed by atoms with E-state index in [0.29, 0.717) is 34.1 Å². The highest BCUT2D eigenvalue weighted by molar-refractivity contribution is 9.10. The van der Waals surface area contributed by atoms with E-state index in [-0.39, 0.29) is 0 Å². The fourth-order valence-corrected chi connectivity index (χ4v) is 3.11. The summed E-state index contributed by atoms with van der Waals surface area (Å²) in [5.41, 5.74) is 1.19. The molecule has 0 radical (unpaired) electrons. The highest BCUT2D eigenvalue weighted by atomic mass is 79.9. The summed E-state index contributed by atoms with van der Waals surface area (Å²) < 4.78 is 0.680. The summed E-state index contributed by atoms with van der Waals surface area (Å²) in [5, 5.41) is 0. The lowest BCUT2D eigenvalue weighted by Crippen LogP contribution is -2.31. The maximum absolute atomic E-state index is 12.0. The largest absolute Gasteiger partial charge is 0.305 e. The standard InChI is InChI=1S/C14H15BrClNO2/c1-9(5-7-16)6-8-17-11-4-2-3-10(15)12(11)13(18)14(17)19/h2-4,9H,5-8H2,1H3. The van der Waals surface area contributed by atoms with Gasteiger partial charge in [-0.3, -0.25) is 9.59 Å². The van der Waals surface area contributed by atoms with Crippen LogP contribution in [0, 0.1) is 5.92 Å². The van der Waals surface area contributed by atoms with Crippen LogP contribution in [0.4, 0.5) is 5.69 Å². The van der Waals surface area contributed by atoms with Crippen molar-refractivity contribution in [2.24, 2.45) is 5.92 Å². The number of hydrogen-bond acceptors (Lipinski definition) is 2. The quantitative estimate of drug-likeness (QED) is 0.604. The van der Waals surface area contributed by atoms with Crippen LogP contribution in [0.2, 0.25) is 0 Å². The summed E-state index contributed by atoms with van der Waals surface area (Å²) in [4.78, 5) is 25.5. The number of ketones is 1. The number of halogens is 2. The van der Waals surface area contributed by atoms with Crippen molar-refractivity contribution in [1.29, 1.82) is 0 Å². The van der Waals surface area contributed by atoms with Crippen LogP contribution in [0.3, 0.4) is 0 Å². The van der Waals surface area contributed by atoms with Crippen LogP contribution in [0.25, 0.3) is 0 Å². The van der Waals surface area contributed by atoms with E-state index in [2.05, 4.69) is 22.9 Å². The van der Waals surface area contributed by atoms with E-state index in [4.69, 9.17) is 11.6 Å². The second-order valence-electron chi connectivity index (χ2n) is 4.79. The molecule has 1 aromatic carbocycles. The van der Waals surface area contributed by atoms with E-state index >= 15 is 0 Å². The van der Waals surface area contributed by atoms with Crippen molar-refractivity contribution in [2.45, 2.75) is 19.8 Å². The first-order valence-corrected chi connectivity index (χ1v) is 7.59. The Bertz CT molecular complexity index is 518. The number of carbonyl (C=O) groups is 2. The minimum atomic E-state index is -0.431. The number of Topliss-reactive ketones (excluding diaryl/α,β-unsaturated/α-hetero) is 1. The normalized spacial score (nSPS) is 15.8. The Morgan fingerprint density at radius 2 is 2.05 bits per heavy atom. The molecule has 1 amide bonds. The molecule has 0 saturated heterocycles. The number of nitrogens with zero attached hydrogens (tertiary/aromatic N) is 1. The Morgan fingerprint density at radius 1 is 1.32 bits per heavy atom. The molecule has 0 aliphatic carbocycles. The van der Waals surface area contributed by atoms with Gasteiger partial charge in [-0.1, -0.05) is 13.0 Å². The maximum atomic E-state index is 12.0. The molecule has 0 N–H and O–H groups in total. The highest BCUT2D eigenvalue weighted by Crippen LogP contribution is 2.34. The van der Waals surface area contributed by atoms with Crippen molar-refractivity contribution in [3.8, 4) is 0 Å². The summed E-state index contributed by atoms with van der Waals surface area (Å²) in [5.74, 6) is 0.208. The topological polar surface area (TPSA) is 37.4 Å². The summed E-state index contributed by atoms with van der Waals surface area (Å²) in [6.07, 6.45) is 1.76. The zero-order valence-electron chi connectivity index (χ0n) is 10.7. The van der Waals surface area contributed by atoms with Gasteiger partial charge in [0.25, 0.3) is 11.7 Å². The molecular formula is C14H15BrClNO2. The van der Waals surface area contributed by atoms with Gasteiger partial charge in [0.2, 0.25) is 0 Å². The van der Waals surface area contributed by atoms with Crippen molar-refractivity contribution in [3.05, 3.63) is 28.2 Å². The van der Waals surface area contributed by atoms with E-state index in [0.717, 1.165) is 12.8 Å². The van der Waals surface area contributed by atoms with Crippen LogP contribution in [0.5, 0.6) is 0 Å². The molecule has 1 aliphatic heterocycles. The molecule has 1 aliphatic rings. The first-order valence-electron chi connectivity index (χ1n) is 6.27. The molecule has 1 heterocycles. The molecule has 0 aromatic heterocycles. The summed E-state index contributed by atoms with van der Waals surface area (Å²) in [6, 6.07) is 5.43. The van der Waals surface area contributed by atoms with Crippen molar-refractivity contribution in [2.75, 3.05) is 17.3 Å². The Hall–Kier alpha value is -0.870. The van der Waals surface area contributed by atoms with Crippen molar-refractivity contribution in [3.63, 3.8) is 0 Å². The number of carbonyl (C=O) groups excluding carboxylic acids is 2. The Balaban J connectivity index is 2.17. The Labute approximate surface area is 126 Å². The minimum Gasteiger partial charge on any atom is -0.305 e. The number of fused-ring (bicyclic) bond motifs is 1. The first kappa shape index (κ1) is 14.5. The van der Waals surface area contributed by atoms with E-state index in [1.54, 1.807) is 11.0 Å². The fourth-order valence-electron chi connectivity index (χ4n) is 2.20. The smallest absolute Gasteiger partial charge is 0.299 e. The minimum absolute atomic E-state index is 0.424. The van der Waals surface area contributed by atoms with Crippen LogP contribution in [-0.2, 0) is 4.79 Å². The lowest BCUT2D eigenvalue weighted by Gasteiger charge is -2.18. The van der Waals surface area contributed by atoms with Gasteiger partial charge in [0, 0.05) is 16.9 Å². The lowest BCUT2D eigenvalue weighted by molar-refractivity contribution is -0.114. The summed E-state index contributed by atoms with van der Waals surface area (Å²) in [7, 11) is 0. The predicted octanol–water partition coefficient (Wildman–Crippen LogP) is 3.63. The van der Waals surface area contributed by atoms with Gasteiger partial charge in [-0.15, -0.1) is 11.6 Å². The van der Waals surface area contributed by atoms with Gasteiger partial charge in [-0.25, -0.2) is 0 Å². The van der Waals surface area contributed by atoms with Crippen LogP contribution in [-0.4, -0.2) is 24.1 Å². The van der Waals surface area contributed by atoms with Gasteiger partial charge < -0.3 is 4.90 Å². The van der Waals surface area contributed by atoms with E-state index in [1.807, 2.05) is 12.1 Å². The zero-order chi connectivity index (χ0) is 14.0. The third-order valence-corrected chi connectivity index (χ3v) is 4.28. The van der Waals surface area contributed by atoms with E-state index < -0.39 is 11.7 Å². The summed E-state index contributed by atoms with van der Waals surface area (Å²) in [6.45, 7) is 2.67. The van der Waals surface area contributed by atoms with Crippen LogP contribution in [0.15, 0.2) is 22.7 Å². The molecule has 3 nitrogen and oxygen atoms in total. The number of anilines is 1. The molecule has 1 unspecified atom stereocenters. The third-order valence-electron chi connectivity index (χ3n) is 3.40. The van der Waals surface area contributed by atoms with Gasteiger partial charge in [0.05, 0.1) is 11.3 Å². The number of rotatable bonds is 5. The molecule has 19 heavy (non-hydrogen) atoms. The Morgan fingerprint density at radius 3 is 2.74 bits per heavy atom. The average molecular weight is 345 g/mol. The number of amides is 1. The predicted molar refractivity (Wildman–Crippen MR) is 79.9 cm³/mol. The molecule has 0 fully saturated rings. The molecule has 1 aromatic rings. The van der Waals surface area contributed by atoms with Crippen LogP contribution < -0.4 is 4.90 Å². The molecule has 5 heteroatoms. The van der Waals surface area contributed by atoms with E-state index in [9.17, 15) is 9.59 Å². The third kappa shape index (κ3) is 2.84. The van der Waals surface area contributed by atoms with Gasteiger partial charge in [-0.05, 0) is 46.8 Å². The average Bonchev–Trinajstić information content (AvgIpc) is 2.61.